The minimum atomic E-state index is -5.68. The number of nitrogens with one attached hydrogen (secondary N) is 3. The number of carbonyl (C=O) groups is 1. The molecule has 0 spiro atoms. The van der Waals surface area contributed by atoms with E-state index in [0.717, 1.165) is 6.07 Å². The third-order valence-electron chi connectivity index (χ3n) is 4.81. The molecule has 8 nitrogen and oxygen atoms in total. The van der Waals surface area contributed by atoms with Gasteiger partial charge in [0, 0.05) is 30.5 Å². The number of halogens is 7. The van der Waals surface area contributed by atoms with E-state index in [1.54, 1.807) is 0 Å². The Hall–Kier alpha value is -3.65. The van der Waals surface area contributed by atoms with Crippen LogP contribution in [0.5, 0.6) is 5.75 Å². The fourth-order valence-corrected chi connectivity index (χ4v) is 3.10. The van der Waals surface area contributed by atoms with Crippen LogP contribution >= 0.6 is 11.6 Å². The second-order valence-electron chi connectivity index (χ2n) is 7.42. The van der Waals surface area contributed by atoms with E-state index >= 15 is 0 Å². The second kappa shape index (κ2) is 11.6. The first-order valence-electron chi connectivity index (χ1n) is 10.4. The lowest BCUT2D eigenvalue weighted by Crippen LogP contribution is -2.46. The molecule has 198 valence electrons. The summed E-state index contributed by atoms with van der Waals surface area (Å²) in [5, 5.41) is 7.49. The van der Waals surface area contributed by atoms with Gasteiger partial charge in [-0.25, -0.2) is 14.4 Å². The van der Waals surface area contributed by atoms with Crippen molar-refractivity contribution in [2.24, 2.45) is 0 Å². The molecule has 1 amide bonds. The Morgan fingerprint density at radius 3 is 2.57 bits per heavy atom. The number of hydrogen-bond donors (Lipinski definition) is 3. The van der Waals surface area contributed by atoms with Gasteiger partial charge < -0.3 is 20.7 Å². The van der Waals surface area contributed by atoms with Crippen LogP contribution in [0.3, 0.4) is 0 Å². The predicted molar refractivity (Wildman–Crippen MR) is 123 cm³/mol. The number of methoxy groups -OCH3 is 1. The number of hydrogen-bond acceptors (Lipinski definition) is 7. The molecule has 0 saturated carbocycles. The fraction of sp³-hybridized carbons (Fsp3) is 0.273. The van der Waals surface area contributed by atoms with Crippen molar-refractivity contribution in [1.29, 1.82) is 0 Å². The molecular formula is C22H19ClF6N6O2. The van der Waals surface area contributed by atoms with Gasteiger partial charge in [0.05, 0.1) is 36.7 Å². The summed E-state index contributed by atoms with van der Waals surface area (Å²) < 4.78 is 82.1. The summed E-state index contributed by atoms with van der Waals surface area (Å²) in [4.78, 5) is 24.8. The summed E-state index contributed by atoms with van der Waals surface area (Å²) in [5.74, 6) is -6.02. The summed E-state index contributed by atoms with van der Waals surface area (Å²) in [6, 6.07) is 5.29. The summed E-state index contributed by atoms with van der Waals surface area (Å²) in [6.45, 7) is -2.24. The Morgan fingerprint density at radius 1 is 1.11 bits per heavy atom. The molecule has 0 atom stereocenters. The highest BCUT2D eigenvalue weighted by atomic mass is 35.5. The Morgan fingerprint density at radius 2 is 1.86 bits per heavy atom. The van der Waals surface area contributed by atoms with Gasteiger partial charge in [-0.3, -0.25) is 9.78 Å². The van der Waals surface area contributed by atoms with Gasteiger partial charge >= 0.3 is 12.1 Å². The van der Waals surface area contributed by atoms with Crippen LogP contribution in [0.1, 0.15) is 10.4 Å². The highest BCUT2D eigenvalue weighted by Crippen LogP contribution is 2.34. The summed E-state index contributed by atoms with van der Waals surface area (Å²) in [7, 11) is 1.35. The van der Waals surface area contributed by atoms with Crippen LogP contribution < -0.4 is 20.7 Å². The number of rotatable bonds is 10. The molecule has 0 aliphatic rings. The standard InChI is InChI=1S/C22H19ClF6N6O2/c1-37-17-10-33-18(13-8-12(23)2-3-15(13)24)35-19(17)34-16-4-5-30-9-14(16)20(36)32-7-6-31-11-21(25,26)22(27,28)29/h2-5,8-10,31H,6-7,11H2,1H3,(H,32,36)(H,30,33,34,35). The molecule has 1 aromatic carbocycles. The van der Waals surface area contributed by atoms with Crippen molar-refractivity contribution in [3.05, 3.63) is 59.3 Å². The zero-order valence-electron chi connectivity index (χ0n) is 19.0. The lowest BCUT2D eigenvalue weighted by atomic mass is 10.2. The molecule has 0 unspecified atom stereocenters. The van der Waals surface area contributed by atoms with Crippen molar-refractivity contribution in [2.75, 3.05) is 32.1 Å². The molecule has 0 saturated heterocycles. The van der Waals surface area contributed by atoms with Crippen LogP contribution in [0.4, 0.5) is 37.8 Å². The van der Waals surface area contributed by atoms with Gasteiger partial charge in [-0.05, 0) is 24.3 Å². The van der Waals surface area contributed by atoms with Gasteiger partial charge in [-0.2, -0.15) is 22.0 Å². The van der Waals surface area contributed by atoms with Gasteiger partial charge in [-0.1, -0.05) is 11.6 Å². The van der Waals surface area contributed by atoms with E-state index in [9.17, 15) is 31.1 Å². The van der Waals surface area contributed by atoms with Crippen LogP contribution in [0, 0.1) is 5.82 Å². The largest absolute Gasteiger partial charge is 0.491 e. The van der Waals surface area contributed by atoms with Crippen LogP contribution in [-0.4, -0.2) is 59.7 Å². The van der Waals surface area contributed by atoms with Gasteiger partial charge in [0.25, 0.3) is 5.91 Å². The van der Waals surface area contributed by atoms with Gasteiger partial charge in [0.2, 0.25) is 0 Å². The Labute approximate surface area is 211 Å². The zero-order valence-corrected chi connectivity index (χ0v) is 19.7. The molecule has 37 heavy (non-hydrogen) atoms. The first-order chi connectivity index (χ1) is 17.4. The van der Waals surface area contributed by atoms with Gasteiger partial charge in [0.15, 0.2) is 17.4 Å². The zero-order chi connectivity index (χ0) is 27.2. The minimum absolute atomic E-state index is 0.000673. The Kier molecular flexibility index (Phi) is 8.76. The molecule has 0 aliphatic carbocycles. The van der Waals surface area contributed by atoms with Crippen LogP contribution in [0.15, 0.2) is 42.9 Å². The number of benzene rings is 1. The molecule has 2 heterocycles. The summed E-state index contributed by atoms with van der Waals surface area (Å²) in [5.41, 5.74) is 0.215. The van der Waals surface area contributed by atoms with Crippen LogP contribution in [0.25, 0.3) is 11.4 Å². The molecule has 0 radical (unpaired) electrons. The molecule has 0 aliphatic heterocycles. The van der Waals surface area contributed by atoms with Crippen molar-refractivity contribution in [1.82, 2.24) is 25.6 Å². The van der Waals surface area contributed by atoms with E-state index in [2.05, 4.69) is 25.6 Å². The average molecular weight is 549 g/mol. The average Bonchev–Trinajstić information content (AvgIpc) is 2.84. The summed E-state index contributed by atoms with van der Waals surface area (Å²) in [6.07, 6.45) is -1.83. The molecule has 3 aromatic rings. The number of carbonyl (C=O) groups excluding carboxylic acids is 1. The minimum Gasteiger partial charge on any atom is -0.491 e. The highest BCUT2D eigenvalue weighted by molar-refractivity contribution is 6.30. The first-order valence-corrected chi connectivity index (χ1v) is 10.8. The molecular weight excluding hydrogens is 530 g/mol. The number of pyridine rings is 1. The Balaban J connectivity index is 1.73. The number of nitrogens with zero attached hydrogens (tertiary/aromatic N) is 3. The van der Waals surface area contributed by atoms with Crippen molar-refractivity contribution in [2.45, 2.75) is 12.1 Å². The topological polar surface area (TPSA) is 101 Å². The third-order valence-corrected chi connectivity index (χ3v) is 5.05. The fourth-order valence-electron chi connectivity index (χ4n) is 2.93. The molecule has 0 bridgehead atoms. The molecule has 3 rings (SSSR count). The predicted octanol–water partition coefficient (Wildman–Crippen LogP) is 4.60. The second-order valence-corrected chi connectivity index (χ2v) is 7.85. The van der Waals surface area contributed by atoms with Gasteiger partial charge in [0.1, 0.15) is 5.82 Å². The van der Waals surface area contributed by atoms with E-state index in [-0.39, 0.29) is 52.3 Å². The molecule has 3 N–H and O–H groups in total. The summed E-state index contributed by atoms with van der Waals surface area (Å²) >= 11 is 5.95. The Bertz CT molecular complexity index is 1260. The SMILES string of the molecule is COc1cnc(-c2cc(Cl)ccc2F)nc1Nc1ccncc1C(=O)NCCNCC(F)(F)C(F)(F)F. The smallest absolute Gasteiger partial charge is 0.454 e. The highest BCUT2D eigenvalue weighted by Gasteiger charge is 2.56. The maximum atomic E-state index is 14.3. The number of amides is 1. The van der Waals surface area contributed by atoms with Crippen molar-refractivity contribution >= 4 is 29.0 Å². The normalized spacial score (nSPS) is 11.8. The number of ether oxygens (including phenoxy) is 1. The first kappa shape index (κ1) is 27.9. The lowest BCUT2D eigenvalue weighted by Gasteiger charge is -2.20. The van der Waals surface area contributed by atoms with Crippen molar-refractivity contribution in [3.63, 3.8) is 0 Å². The van der Waals surface area contributed by atoms with E-state index in [1.165, 1.54) is 43.9 Å². The number of anilines is 2. The molecule has 15 heteroatoms. The molecule has 2 aromatic heterocycles. The van der Waals surface area contributed by atoms with Crippen molar-refractivity contribution in [3.8, 4) is 17.1 Å². The van der Waals surface area contributed by atoms with E-state index in [4.69, 9.17) is 16.3 Å². The lowest BCUT2D eigenvalue weighted by molar-refractivity contribution is -0.279. The van der Waals surface area contributed by atoms with Crippen molar-refractivity contribution < 1.29 is 35.9 Å². The maximum absolute atomic E-state index is 14.3. The quantitative estimate of drug-likeness (QED) is 0.251. The molecule has 0 fully saturated rings. The number of alkyl halides is 5. The van der Waals surface area contributed by atoms with Crippen LogP contribution in [0.2, 0.25) is 5.02 Å². The monoisotopic (exact) mass is 548 g/mol. The van der Waals surface area contributed by atoms with E-state index < -0.39 is 30.4 Å². The van der Waals surface area contributed by atoms with E-state index in [0.29, 0.717) is 0 Å². The number of aromatic nitrogens is 3. The van der Waals surface area contributed by atoms with Crippen LogP contribution in [-0.2, 0) is 0 Å². The van der Waals surface area contributed by atoms with Gasteiger partial charge in [-0.15, -0.1) is 0 Å². The van der Waals surface area contributed by atoms with E-state index in [1.807, 2.05) is 5.32 Å². The third kappa shape index (κ3) is 6.98. The maximum Gasteiger partial charge on any atom is 0.454 e.